The van der Waals surface area contributed by atoms with Gasteiger partial charge in [-0.3, -0.25) is 9.59 Å². The van der Waals surface area contributed by atoms with Crippen LogP contribution in [-0.2, 0) is 15.0 Å². The zero-order chi connectivity index (χ0) is 17.6. The van der Waals surface area contributed by atoms with E-state index in [1.807, 2.05) is 27.7 Å². The maximum Gasteiger partial charge on any atom is 0.239 e. The van der Waals surface area contributed by atoms with Crippen LogP contribution in [0, 0.1) is 11.7 Å². The van der Waals surface area contributed by atoms with Crippen LogP contribution in [0.15, 0.2) is 24.3 Å². The first kappa shape index (κ1) is 22.3. The third-order valence-corrected chi connectivity index (χ3v) is 3.80. The minimum Gasteiger partial charge on any atom is -0.354 e. The van der Waals surface area contributed by atoms with Crippen molar-refractivity contribution in [3.63, 3.8) is 0 Å². The van der Waals surface area contributed by atoms with Gasteiger partial charge in [-0.2, -0.15) is 0 Å². The zero-order valence-electron chi connectivity index (χ0n) is 14.6. The molecule has 7 heteroatoms. The second-order valence-corrected chi connectivity index (χ2v) is 6.66. The lowest BCUT2D eigenvalue weighted by molar-refractivity contribution is -0.127. The Morgan fingerprint density at radius 3 is 2.21 bits per heavy atom. The Hall–Kier alpha value is -1.66. The van der Waals surface area contributed by atoms with Crippen LogP contribution in [0.2, 0.25) is 0 Å². The van der Waals surface area contributed by atoms with Gasteiger partial charge < -0.3 is 16.4 Å². The lowest BCUT2D eigenvalue weighted by Crippen LogP contribution is -2.48. The topological polar surface area (TPSA) is 84.2 Å². The summed E-state index contributed by atoms with van der Waals surface area (Å²) < 4.78 is 13.0. The van der Waals surface area contributed by atoms with Gasteiger partial charge >= 0.3 is 0 Å². The second kappa shape index (κ2) is 9.59. The van der Waals surface area contributed by atoms with Crippen molar-refractivity contribution in [1.29, 1.82) is 0 Å². The summed E-state index contributed by atoms with van der Waals surface area (Å²) in [7, 11) is 0. The van der Waals surface area contributed by atoms with E-state index in [9.17, 15) is 14.0 Å². The predicted molar refractivity (Wildman–Crippen MR) is 95.5 cm³/mol. The van der Waals surface area contributed by atoms with E-state index in [4.69, 9.17) is 5.73 Å². The highest BCUT2D eigenvalue weighted by molar-refractivity contribution is 5.87. The van der Waals surface area contributed by atoms with Gasteiger partial charge in [0.1, 0.15) is 5.82 Å². The lowest BCUT2D eigenvalue weighted by atomic mass is 9.84. The SMILES string of the molecule is CC(C)[C@H](N)C(=O)NCC(=O)NCC(C)(C)c1ccc(F)cc1.Cl. The van der Waals surface area contributed by atoms with Crippen LogP contribution in [0.1, 0.15) is 33.3 Å². The molecule has 1 aromatic carbocycles. The molecular formula is C17H27ClFN3O2. The number of hydrogen-bond donors (Lipinski definition) is 3. The van der Waals surface area contributed by atoms with Crippen LogP contribution in [0.3, 0.4) is 0 Å². The molecule has 0 unspecified atom stereocenters. The fraction of sp³-hybridized carbons (Fsp3) is 0.529. The van der Waals surface area contributed by atoms with Crippen molar-refractivity contribution in [2.24, 2.45) is 11.7 Å². The van der Waals surface area contributed by atoms with E-state index in [1.54, 1.807) is 12.1 Å². The van der Waals surface area contributed by atoms with Crippen LogP contribution < -0.4 is 16.4 Å². The molecule has 1 atom stereocenters. The number of benzene rings is 1. The minimum absolute atomic E-state index is 0. The molecule has 0 spiro atoms. The molecule has 1 aromatic rings. The van der Waals surface area contributed by atoms with E-state index in [-0.39, 0.29) is 47.9 Å². The molecule has 0 aliphatic rings. The molecule has 24 heavy (non-hydrogen) atoms. The molecule has 4 N–H and O–H groups in total. The smallest absolute Gasteiger partial charge is 0.239 e. The normalized spacial score (nSPS) is 12.3. The molecule has 0 saturated heterocycles. The summed E-state index contributed by atoms with van der Waals surface area (Å²) in [6.07, 6.45) is 0. The number of nitrogens with one attached hydrogen (secondary N) is 2. The first-order chi connectivity index (χ1) is 10.6. The molecule has 0 fully saturated rings. The summed E-state index contributed by atoms with van der Waals surface area (Å²) in [6.45, 7) is 7.86. The number of nitrogens with two attached hydrogens (primary N) is 1. The van der Waals surface area contributed by atoms with E-state index in [0.29, 0.717) is 6.54 Å². The van der Waals surface area contributed by atoms with Crippen LogP contribution in [0.5, 0.6) is 0 Å². The zero-order valence-corrected chi connectivity index (χ0v) is 15.4. The highest BCUT2D eigenvalue weighted by atomic mass is 35.5. The minimum atomic E-state index is -0.626. The molecule has 0 aliphatic carbocycles. The highest BCUT2D eigenvalue weighted by Crippen LogP contribution is 2.22. The van der Waals surface area contributed by atoms with E-state index < -0.39 is 6.04 Å². The molecule has 0 aliphatic heterocycles. The third kappa shape index (κ3) is 6.84. The van der Waals surface area contributed by atoms with E-state index in [0.717, 1.165) is 5.56 Å². The van der Waals surface area contributed by atoms with Gasteiger partial charge in [0.15, 0.2) is 0 Å². The van der Waals surface area contributed by atoms with Crippen molar-refractivity contribution in [2.45, 2.75) is 39.2 Å². The summed E-state index contributed by atoms with van der Waals surface area (Å²) in [5.74, 6) is -0.911. The Balaban J connectivity index is 0.00000529. The average Bonchev–Trinajstić information content (AvgIpc) is 2.50. The maximum absolute atomic E-state index is 13.0. The lowest BCUT2D eigenvalue weighted by Gasteiger charge is -2.25. The molecule has 136 valence electrons. The molecule has 0 radical (unpaired) electrons. The molecule has 0 bridgehead atoms. The van der Waals surface area contributed by atoms with Gasteiger partial charge in [0.25, 0.3) is 0 Å². The molecule has 0 saturated carbocycles. The molecule has 2 amide bonds. The monoisotopic (exact) mass is 359 g/mol. The largest absolute Gasteiger partial charge is 0.354 e. The number of amides is 2. The van der Waals surface area contributed by atoms with E-state index in [1.165, 1.54) is 12.1 Å². The summed E-state index contributed by atoms with van der Waals surface area (Å²) in [6, 6.07) is 5.56. The van der Waals surface area contributed by atoms with Crippen LogP contribution in [-0.4, -0.2) is 30.9 Å². The standard InChI is InChI=1S/C17H26FN3O2.ClH/c1-11(2)15(19)16(23)20-9-14(22)21-10-17(3,4)12-5-7-13(18)8-6-12;/h5-8,11,15H,9-10,19H2,1-4H3,(H,20,23)(H,21,22);1H/t15-;/m0./s1. The second-order valence-electron chi connectivity index (χ2n) is 6.66. The van der Waals surface area contributed by atoms with Gasteiger partial charge in [-0.05, 0) is 23.6 Å². The maximum atomic E-state index is 13.0. The van der Waals surface area contributed by atoms with Crippen molar-refractivity contribution in [3.8, 4) is 0 Å². The van der Waals surface area contributed by atoms with Gasteiger partial charge in [0, 0.05) is 12.0 Å². The Morgan fingerprint density at radius 1 is 1.17 bits per heavy atom. The summed E-state index contributed by atoms with van der Waals surface area (Å²) in [5.41, 5.74) is 6.28. The molecule has 5 nitrogen and oxygen atoms in total. The van der Waals surface area contributed by atoms with Crippen molar-refractivity contribution in [1.82, 2.24) is 10.6 Å². The number of rotatable bonds is 7. The van der Waals surface area contributed by atoms with E-state index >= 15 is 0 Å². The van der Waals surface area contributed by atoms with Crippen molar-refractivity contribution < 1.29 is 14.0 Å². The first-order valence-corrected chi connectivity index (χ1v) is 7.69. The van der Waals surface area contributed by atoms with Crippen molar-refractivity contribution >= 4 is 24.2 Å². The number of halogens is 2. The van der Waals surface area contributed by atoms with Crippen LogP contribution >= 0.6 is 12.4 Å². The van der Waals surface area contributed by atoms with Gasteiger partial charge in [0.2, 0.25) is 11.8 Å². The summed E-state index contributed by atoms with van der Waals surface area (Å²) in [5, 5.41) is 5.29. The third-order valence-electron chi connectivity index (χ3n) is 3.80. The first-order valence-electron chi connectivity index (χ1n) is 7.69. The Kier molecular flexibility index (Phi) is 8.93. The quantitative estimate of drug-likeness (QED) is 0.693. The highest BCUT2D eigenvalue weighted by Gasteiger charge is 2.22. The van der Waals surface area contributed by atoms with Gasteiger partial charge in [0.05, 0.1) is 12.6 Å². The number of carbonyl (C=O) groups excluding carboxylic acids is 2. The van der Waals surface area contributed by atoms with Gasteiger partial charge in [-0.1, -0.05) is 39.8 Å². The van der Waals surface area contributed by atoms with Crippen LogP contribution in [0.25, 0.3) is 0 Å². The van der Waals surface area contributed by atoms with Gasteiger partial charge in [-0.25, -0.2) is 4.39 Å². The van der Waals surface area contributed by atoms with E-state index in [2.05, 4.69) is 10.6 Å². The Morgan fingerprint density at radius 2 is 1.71 bits per heavy atom. The molecule has 0 aromatic heterocycles. The molecule has 1 rings (SSSR count). The Labute approximate surface area is 149 Å². The van der Waals surface area contributed by atoms with Crippen LogP contribution in [0.4, 0.5) is 4.39 Å². The van der Waals surface area contributed by atoms with Crippen molar-refractivity contribution in [2.75, 3.05) is 13.1 Å². The molecular weight excluding hydrogens is 333 g/mol. The fourth-order valence-corrected chi connectivity index (χ4v) is 1.97. The number of hydrogen-bond acceptors (Lipinski definition) is 3. The van der Waals surface area contributed by atoms with Crippen molar-refractivity contribution in [3.05, 3.63) is 35.6 Å². The fourth-order valence-electron chi connectivity index (χ4n) is 1.97. The number of carbonyl (C=O) groups is 2. The summed E-state index contributed by atoms with van der Waals surface area (Å²) in [4.78, 5) is 23.5. The average molecular weight is 360 g/mol. The predicted octanol–water partition coefficient (Wildman–Crippen LogP) is 1.74. The van der Waals surface area contributed by atoms with Gasteiger partial charge in [-0.15, -0.1) is 12.4 Å². The Bertz CT molecular complexity index is 547. The summed E-state index contributed by atoms with van der Waals surface area (Å²) >= 11 is 0. The molecule has 0 heterocycles.